The topological polar surface area (TPSA) is 168 Å². The van der Waals surface area contributed by atoms with Crippen molar-refractivity contribution in [1.82, 2.24) is 40.0 Å². The van der Waals surface area contributed by atoms with Crippen molar-refractivity contribution in [1.29, 1.82) is 0 Å². The van der Waals surface area contributed by atoms with Gasteiger partial charge < -0.3 is 33.9 Å². The molecule has 0 aliphatic carbocycles. The smallest absolute Gasteiger partial charge is 0.324 e. The summed E-state index contributed by atoms with van der Waals surface area (Å²) < 4.78 is 19.7. The second-order valence-corrected chi connectivity index (χ2v) is 20.9. The van der Waals surface area contributed by atoms with Gasteiger partial charge in [-0.3, -0.25) is 38.9 Å². The van der Waals surface area contributed by atoms with E-state index in [4.69, 9.17) is 19.2 Å². The lowest BCUT2D eigenvalue weighted by molar-refractivity contribution is -0.155. The minimum Gasteiger partial charge on any atom is -0.464 e. The van der Waals surface area contributed by atoms with E-state index in [1.807, 2.05) is 39.0 Å². The molecular weight excluding hydrogens is 913 g/mol. The minimum atomic E-state index is -1.06. The molecule has 0 saturated carbocycles. The normalized spacial score (nSPS) is 21.6. The predicted octanol–water partition coefficient (Wildman–Crippen LogP) is 5.41. The molecule has 1 unspecified atom stereocenters. The number of nitrogens with one attached hydrogen (secondary N) is 2. The second kappa shape index (κ2) is 22.7. The number of aryl methyl sites for hydroxylation is 1. The summed E-state index contributed by atoms with van der Waals surface area (Å²) in [5, 5.41) is 5.60. The summed E-state index contributed by atoms with van der Waals surface area (Å²) in [4.78, 5) is 80.8. The number of aromatic nitrogens is 2. The fourth-order valence-corrected chi connectivity index (χ4v) is 10.8. The van der Waals surface area contributed by atoms with Crippen LogP contribution in [0, 0.1) is 29.1 Å². The number of benzene rings is 2. The van der Waals surface area contributed by atoms with Crippen LogP contribution in [0.2, 0.25) is 0 Å². The van der Waals surface area contributed by atoms with Crippen molar-refractivity contribution < 1.29 is 38.2 Å². The van der Waals surface area contributed by atoms with Crippen LogP contribution in [0.5, 0.6) is 0 Å². The van der Waals surface area contributed by atoms with Crippen LogP contribution in [0.1, 0.15) is 83.7 Å². The van der Waals surface area contributed by atoms with E-state index in [-0.39, 0.29) is 43.4 Å². The maximum absolute atomic E-state index is 14.8. The largest absolute Gasteiger partial charge is 0.464 e. The van der Waals surface area contributed by atoms with Crippen molar-refractivity contribution in [2.24, 2.45) is 17.3 Å². The molecular formula is C56H72N8O8. The SMILES string of the molecule is CCn1c(-c2cccnc2[C@H](C)OC)c2c3cc(ccc31)-c1cccc(c1)C[C@H](NC(=O)C(C(C)C)N(C)C(=O)[C@H]1CCN(C(=O)C#CCN3CCOCC3)C1)C(=O)N1CCC[C@H](N1)C(=O)OCC(C)(C)C2. The number of likely N-dealkylation sites (tertiary alicyclic amines) is 1. The Balaban J connectivity index is 1.10. The summed E-state index contributed by atoms with van der Waals surface area (Å²) in [6.45, 7) is 17.1. The quantitative estimate of drug-likeness (QED) is 0.154. The van der Waals surface area contributed by atoms with Crippen LogP contribution in [-0.4, -0.2) is 150 Å². The minimum absolute atomic E-state index is 0.131. The van der Waals surface area contributed by atoms with Gasteiger partial charge in [0.15, 0.2) is 0 Å². The lowest BCUT2D eigenvalue weighted by Crippen LogP contribution is -2.62. The molecule has 8 rings (SSSR count). The summed E-state index contributed by atoms with van der Waals surface area (Å²) in [5.41, 5.74) is 10.5. The average Bonchev–Trinajstić information content (AvgIpc) is 4.00. The van der Waals surface area contributed by atoms with Gasteiger partial charge in [-0.15, -0.1) is 0 Å². The first-order valence-corrected chi connectivity index (χ1v) is 25.7. The molecule has 4 amide bonds. The number of hydrogen-bond donors (Lipinski definition) is 2. The van der Waals surface area contributed by atoms with Gasteiger partial charge >= 0.3 is 5.97 Å². The molecule has 0 radical (unpaired) electrons. The molecule has 4 aromatic rings. The number of hydrogen-bond acceptors (Lipinski definition) is 11. The number of methoxy groups -OCH3 is 1. The number of esters is 1. The van der Waals surface area contributed by atoms with Crippen LogP contribution >= 0.6 is 0 Å². The van der Waals surface area contributed by atoms with Crippen LogP contribution in [0.25, 0.3) is 33.3 Å². The van der Waals surface area contributed by atoms with Crippen LogP contribution in [0.15, 0.2) is 60.8 Å². The Morgan fingerprint density at radius 2 is 1.78 bits per heavy atom. The molecule has 6 bridgehead atoms. The zero-order valence-electron chi connectivity index (χ0n) is 43.3. The molecule has 16 nitrogen and oxygen atoms in total. The summed E-state index contributed by atoms with van der Waals surface area (Å²) in [7, 11) is 3.31. The molecule has 3 saturated heterocycles. The number of morpholine rings is 1. The van der Waals surface area contributed by atoms with Crippen LogP contribution in [0.4, 0.5) is 0 Å². The van der Waals surface area contributed by atoms with E-state index in [2.05, 4.69) is 89.2 Å². The third-order valence-electron chi connectivity index (χ3n) is 14.7. The second-order valence-electron chi connectivity index (χ2n) is 20.9. The van der Waals surface area contributed by atoms with Crippen molar-refractivity contribution in [2.45, 2.75) is 104 Å². The summed E-state index contributed by atoms with van der Waals surface area (Å²) >= 11 is 0. The van der Waals surface area contributed by atoms with E-state index in [1.165, 1.54) is 9.91 Å². The highest BCUT2D eigenvalue weighted by Crippen LogP contribution is 2.42. The van der Waals surface area contributed by atoms with Crippen molar-refractivity contribution in [3.63, 3.8) is 0 Å². The Bertz CT molecular complexity index is 2720. The van der Waals surface area contributed by atoms with Crippen molar-refractivity contribution in [3.8, 4) is 34.2 Å². The third-order valence-corrected chi connectivity index (χ3v) is 14.7. The van der Waals surface area contributed by atoms with Gasteiger partial charge in [-0.05, 0) is 97.9 Å². The molecule has 2 aromatic carbocycles. The Kier molecular flexibility index (Phi) is 16.5. The number of carbonyl (C=O) groups is 5. The van der Waals surface area contributed by atoms with Gasteiger partial charge in [-0.2, -0.15) is 0 Å². The van der Waals surface area contributed by atoms with E-state index >= 15 is 0 Å². The van der Waals surface area contributed by atoms with E-state index in [9.17, 15) is 24.0 Å². The third kappa shape index (κ3) is 11.5. The number of rotatable bonds is 10. The molecule has 3 fully saturated rings. The average molecular weight is 985 g/mol. The molecule has 384 valence electrons. The molecule has 16 heteroatoms. The number of amides is 4. The standard InChI is InChI=1S/C56H72N8O8/c1-9-63-47-20-19-40-32-43(47)44(51(63)42-16-11-22-57-49(42)37(4)70-8)33-56(5,6)35-72-55(69)45-17-12-24-64(59-45)54(68)46(31-38-14-10-15-39(40)30-38)58-52(66)50(36(2)3)60(7)53(67)41-21-25-62(34-41)48(65)18-13-23-61-26-28-71-29-27-61/h10-11,14-16,19-20,22,30,32,36-37,41,45-46,50,59H,9,12,17,21,23-29,31,33-35H2,1-8H3,(H,58,66)/t37-,41-,45-,46-,50?/m0/s1. The first-order valence-electron chi connectivity index (χ1n) is 25.7. The number of hydrazine groups is 1. The number of pyridine rings is 1. The Hall–Kier alpha value is -6.12. The first-order chi connectivity index (χ1) is 34.6. The zero-order chi connectivity index (χ0) is 51.3. The number of likely N-dealkylation sites (N-methyl/N-ethyl adjacent to an activating group) is 1. The molecule has 72 heavy (non-hydrogen) atoms. The van der Waals surface area contributed by atoms with Gasteiger partial charge in [0.1, 0.15) is 18.1 Å². The molecule has 4 aliphatic rings. The van der Waals surface area contributed by atoms with Gasteiger partial charge in [-0.25, -0.2) is 5.43 Å². The number of fused-ring (bicyclic) bond motifs is 6. The fourth-order valence-electron chi connectivity index (χ4n) is 10.8. The number of ether oxygens (including phenoxy) is 3. The maximum Gasteiger partial charge on any atom is 0.324 e. The van der Waals surface area contributed by atoms with E-state index in [0.29, 0.717) is 65.1 Å². The van der Waals surface area contributed by atoms with Gasteiger partial charge in [0.2, 0.25) is 11.8 Å². The summed E-state index contributed by atoms with van der Waals surface area (Å²) in [6.07, 6.45) is 3.72. The lowest BCUT2D eigenvalue weighted by Gasteiger charge is -2.37. The summed E-state index contributed by atoms with van der Waals surface area (Å²) in [5.74, 6) is 3.00. The van der Waals surface area contributed by atoms with E-state index in [0.717, 1.165) is 63.2 Å². The van der Waals surface area contributed by atoms with Crippen LogP contribution in [-0.2, 0) is 57.6 Å². The van der Waals surface area contributed by atoms with Crippen LogP contribution in [0.3, 0.4) is 0 Å². The number of nitrogens with zero attached hydrogens (tertiary/aromatic N) is 6. The molecule has 0 spiro atoms. The molecule has 6 heterocycles. The van der Waals surface area contributed by atoms with Crippen molar-refractivity contribution >= 4 is 40.5 Å². The first kappa shape index (κ1) is 52.2. The zero-order valence-corrected chi connectivity index (χ0v) is 43.3. The maximum atomic E-state index is 14.8. The molecule has 5 atom stereocenters. The molecule has 2 N–H and O–H groups in total. The Labute approximate surface area is 424 Å². The highest BCUT2D eigenvalue weighted by molar-refractivity contribution is 5.97. The monoisotopic (exact) mass is 985 g/mol. The fraction of sp³-hybridized carbons (Fsp3) is 0.536. The Morgan fingerprint density at radius 3 is 2.53 bits per heavy atom. The van der Waals surface area contributed by atoms with Gasteiger partial charge in [0.25, 0.3) is 11.8 Å². The van der Waals surface area contributed by atoms with E-state index < -0.39 is 47.2 Å². The highest BCUT2D eigenvalue weighted by Gasteiger charge is 2.40. The number of cyclic esters (lactones) is 1. The molecule has 4 aliphatic heterocycles. The van der Waals surface area contributed by atoms with Crippen molar-refractivity contribution in [3.05, 3.63) is 77.6 Å². The molecule has 2 aromatic heterocycles. The van der Waals surface area contributed by atoms with E-state index in [1.54, 1.807) is 25.3 Å². The highest BCUT2D eigenvalue weighted by atomic mass is 16.5. The van der Waals surface area contributed by atoms with Gasteiger partial charge in [0.05, 0.1) is 49.8 Å². The van der Waals surface area contributed by atoms with Gasteiger partial charge in [-0.1, -0.05) is 63.9 Å². The van der Waals surface area contributed by atoms with Crippen molar-refractivity contribution in [2.75, 3.05) is 73.2 Å². The van der Waals surface area contributed by atoms with Gasteiger partial charge in [0, 0.05) is 87.9 Å². The predicted molar refractivity (Wildman–Crippen MR) is 275 cm³/mol. The summed E-state index contributed by atoms with van der Waals surface area (Å²) in [6, 6.07) is 15.8. The van der Waals surface area contributed by atoms with Crippen LogP contribution < -0.4 is 10.7 Å². The lowest BCUT2D eigenvalue weighted by atomic mass is 9.84. The number of carbonyl (C=O) groups excluding carboxylic acids is 5. The Morgan fingerprint density at radius 1 is 1.00 bits per heavy atom.